The average Bonchev–Trinajstić information content (AvgIpc) is 2.00. The van der Waals surface area contributed by atoms with Crippen molar-refractivity contribution in [1.82, 2.24) is 5.32 Å². The van der Waals surface area contributed by atoms with E-state index in [0.29, 0.717) is 6.54 Å². The molecular weight excluding hydrogens is 196 g/mol. The van der Waals surface area contributed by atoms with Gasteiger partial charge in [-0.05, 0) is 19.8 Å². The Morgan fingerprint density at radius 3 is 2.47 bits per heavy atom. The highest BCUT2D eigenvalue weighted by molar-refractivity contribution is 5.84. The second kappa shape index (κ2) is 4.61. The van der Waals surface area contributed by atoms with E-state index in [0.717, 1.165) is 19.3 Å². The first kappa shape index (κ1) is 12.0. The SMILES string of the molecule is CC(CC(=O)O)NC(=O)C1(CN)CCC1. The Hall–Kier alpha value is -1.10. The minimum Gasteiger partial charge on any atom is -0.481 e. The monoisotopic (exact) mass is 214 g/mol. The predicted octanol–water partition coefficient (Wildman–Crippen LogP) is 0.0948. The maximum absolute atomic E-state index is 11.8. The Morgan fingerprint density at radius 1 is 1.53 bits per heavy atom. The molecule has 0 radical (unpaired) electrons. The average molecular weight is 214 g/mol. The molecule has 1 atom stereocenters. The molecule has 1 amide bonds. The molecule has 0 saturated heterocycles. The third-order valence-corrected chi connectivity index (χ3v) is 3.04. The van der Waals surface area contributed by atoms with E-state index >= 15 is 0 Å². The molecule has 86 valence electrons. The van der Waals surface area contributed by atoms with Gasteiger partial charge in [0, 0.05) is 12.6 Å². The molecular formula is C10H18N2O3. The summed E-state index contributed by atoms with van der Waals surface area (Å²) in [6.45, 7) is 2.04. The lowest BCUT2D eigenvalue weighted by Gasteiger charge is -2.39. The van der Waals surface area contributed by atoms with Gasteiger partial charge in [0.15, 0.2) is 0 Å². The van der Waals surface area contributed by atoms with Crippen LogP contribution in [0.15, 0.2) is 0 Å². The van der Waals surface area contributed by atoms with Gasteiger partial charge in [0.25, 0.3) is 0 Å². The van der Waals surface area contributed by atoms with Crippen molar-refractivity contribution >= 4 is 11.9 Å². The molecule has 1 rings (SSSR count). The summed E-state index contributed by atoms with van der Waals surface area (Å²) in [5.74, 6) is -0.997. The van der Waals surface area contributed by atoms with E-state index in [2.05, 4.69) is 5.32 Å². The van der Waals surface area contributed by atoms with Crippen molar-refractivity contribution in [3.63, 3.8) is 0 Å². The molecule has 0 aromatic heterocycles. The van der Waals surface area contributed by atoms with Gasteiger partial charge in [-0.3, -0.25) is 9.59 Å². The van der Waals surface area contributed by atoms with E-state index < -0.39 is 11.4 Å². The number of nitrogens with one attached hydrogen (secondary N) is 1. The van der Waals surface area contributed by atoms with Crippen molar-refractivity contribution < 1.29 is 14.7 Å². The van der Waals surface area contributed by atoms with Crippen LogP contribution in [-0.2, 0) is 9.59 Å². The van der Waals surface area contributed by atoms with Crippen LogP contribution >= 0.6 is 0 Å². The normalized spacial score (nSPS) is 20.1. The highest BCUT2D eigenvalue weighted by Gasteiger charge is 2.43. The molecule has 1 aliphatic carbocycles. The first-order valence-electron chi connectivity index (χ1n) is 5.23. The van der Waals surface area contributed by atoms with Gasteiger partial charge >= 0.3 is 5.97 Å². The van der Waals surface area contributed by atoms with Crippen molar-refractivity contribution in [1.29, 1.82) is 0 Å². The highest BCUT2D eigenvalue weighted by atomic mass is 16.4. The minimum atomic E-state index is -0.904. The topological polar surface area (TPSA) is 92.4 Å². The number of amides is 1. The number of aliphatic carboxylic acids is 1. The number of carbonyl (C=O) groups is 2. The molecule has 4 N–H and O–H groups in total. The number of nitrogens with two attached hydrogens (primary N) is 1. The minimum absolute atomic E-state index is 0.0492. The molecule has 0 heterocycles. The third-order valence-electron chi connectivity index (χ3n) is 3.04. The number of hydrogen-bond donors (Lipinski definition) is 3. The van der Waals surface area contributed by atoms with Crippen LogP contribution in [0, 0.1) is 5.41 Å². The van der Waals surface area contributed by atoms with E-state index in [9.17, 15) is 9.59 Å². The fourth-order valence-corrected chi connectivity index (χ4v) is 1.82. The van der Waals surface area contributed by atoms with Crippen molar-refractivity contribution in [3.8, 4) is 0 Å². The summed E-state index contributed by atoms with van der Waals surface area (Å²) in [5, 5.41) is 11.3. The van der Waals surface area contributed by atoms with Crippen LogP contribution in [0.5, 0.6) is 0 Å². The Bertz CT molecular complexity index is 256. The van der Waals surface area contributed by atoms with Gasteiger partial charge in [0.05, 0.1) is 11.8 Å². The lowest BCUT2D eigenvalue weighted by atomic mass is 9.68. The van der Waals surface area contributed by atoms with Gasteiger partial charge in [0.2, 0.25) is 5.91 Å². The summed E-state index contributed by atoms with van der Waals surface area (Å²) < 4.78 is 0. The smallest absolute Gasteiger partial charge is 0.305 e. The lowest BCUT2D eigenvalue weighted by Crippen LogP contribution is -2.52. The summed E-state index contributed by atoms with van der Waals surface area (Å²) in [6, 6.07) is -0.334. The van der Waals surface area contributed by atoms with Gasteiger partial charge in [-0.1, -0.05) is 6.42 Å². The van der Waals surface area contributed by atoms with Crippen LogP contribution < -0.4 is 11.1 Å². The van der Waals surface area contributed by atoms with Gasteiger partial charge in [0.1, 0.15) is 0 Å². The zero-order valence-corrected chi connectivity index (χ0v) is 8.95. The number of rotatable bonds is 5. The first-order chi connectivity index (χ1) is 7.00. The summed E-state index contributed by atoms with van der Waals surface area (Å²) in [6.07, 6.45) is 2.61. The molecule has 1 fully saturated rings. The number of hydrogen-bond acceptors (Lipinski definition) is 3. The van der Waals surface area contributed by atoms with Gasteiger partial charge in [-0.2, -0.15) is 0 Å². The molecule has 1 unspecified atom stereocenters. The molecule has 1 aliphatic rings. The van der Waals surface area contributed by atoms with Crippen molar-refractivity contribution in [2.24, 2.45) is 11.1 Å². The van der Waals surface area contributed by atoms with Crippen LogP contribution in [0.2, 0.25) is 0 Å². The third kappa shape index (κ3) is 2.68. The number of carboxylic acid groups (broad SMARTS) is 1. The second-order valence-electron chi connectivity index (χ2n) is 4.31. The quantitative estimate of drug-likeness (QED) is 0.605. The fraction of sp³-hybridized carbons (Fsp3) is 0.800. The molecule has 0 aliphatic heterocycles. The van der Waals surface area contributed by atoms with Gasteiger partial charge in [-0.15, -0.1) is 0 Å². The Kier molecular flexibility index (Phi) is 3.68. The Balaban J connectivity index is 2.44. The molecule has 0 aromatic rings. The Labute approximate surface area is 89.0 Å². The predicted molar refractivity (Wildman–Crippen MR) is 55.2 cm³/mol. The number of carboxylic acids is 1. The standard InChI is InChI=1S/C10H18N2O3/c1-7(5-8(13)14)12-9(15)10(6-11)3-2-4-10/h7H,2-6,11H2,1H3,(H,12,15)(H,13,14). The highest BCUT2D eigenvalue weighted by Crippen LogP contribution is 2.40. The molecule has 5 heteroatoms. The van der Waals surface area contributed by atoms with Crippen molar-refractivity contribution in [2.75, 3.05) is 6.54 Å². The van der Waals surface area contributed by atoms with E-state index in [1.807, 2.05) is 0 Å². The molecule has 15 heavy (non-hydrogen) atoms. The maximum Gasteiger partial charge on any atom is 0.305 e. The fourth-order valence-electron chi connectivity index (χ4n) is 1.82. The number of carbonyl (C=O) groups excluding carboxylic acids is 1. The summed E-state index contributed by atoms with van der Waals surface area (Å²) in [7, 11) is 0. The van der Waals surface area contributed by atoms with E-state index in [1.165, 1.54) is 0 Å². The van der Waals surface area contributed by atoms with Gasteiger partial charge in [-0.25, -0.2) is 0 Å². The zero-order valence-electron chi connectivity index (χ0n) is 8.95. The van der Waals surface area contributed by atoms with Gasteiger partial charge < -0.3 is 16.2 Å². The first-order valence-corrected chi connectivity index (χ1v) is 5.23. The van der Waals surface area contributed by atoms with Crippen molar-refractivity contribution in [3.05, 3.63) is 0 Å². The van der Waals surface area contributed by atoms with Crippen LogP contribution in [0.25, 0.3) is 0 Å². The summed E-state index contributed by atoms with van der Waals surface area (Å²) in [4.78, 5) is 22.2. The molecule has 0 bridgehead atoms. The molecule has 1 saturated carbocycles. The van der Waals surface area contributed by atoms with Crippen LogP contribution in [-0.4, -0.2) is 29.6 Å². The largest absolute Gasteiger partial charge is 0.481 e. The Morgan fingerprint density at radius 2 is 2.13 bits per heavy atom. The van der Waals surface area contributed by atoms with E-state index in [4.69, 9.17) is 10.8 Å². The summed E-state index contributed by atoms with van der Waals surface area (Å²) >= 11 is 0. The van der Waals surface area contributed by atoms with Crippen LogP contribution in [0.1, 0.15) is 32.6 Å². The van der Waals surface area contributed by atoms with E-state index in [1.54, 1.807) is 6.92 Å². The van der Waals surface area contributed by atoms with E-state index in [-0.39, 0.29) is 18.4 Å². The summed E-state index contributed by atoms with van der Waals surface area (Å²) in [5.41, 5.74) is 5.15. The van der Waals surface area contributed by atoms with Crippen LogP contribution in [0.3, 0.4) is 0 Å². The molecule has 0 aromatic carbocycles. The maximum atomic E-state index is 11.8. The molecule has 5 nitrogen and oxygen atoms in total. The molecule has 0 spiro atoms. The van der Waals surface area contributed by atoms with Crippen LogP contribution in [0.4, 0.5) is 0 Å². The lowest BCUT2D eigenvalue weighted by molar-refractivity contribution is -0.139. The second-order valence-corrected chi connectivity index (χ2v) is 4.31. The zero-order chi connectivity index (χ0) is 11.5. The van der Waals surface area contributed by atoms with Crippen molar-refractivity contribution in [2.45, 2.75) is 38.6 Å².